The van der Waals surface area contributed by atoms with Crippen LogP contribution in [0.4, 0.5) is 11.5 Å². The highest BCUT2D eigenvalue weighted by Crippen LogP contribution is 2.37. The number of anilines is 2. The molecule has 0 spiro atoms. The summed E-state index contributed by atoms with van der Waals surface area (Å²) in [5, 5.41) is 0.342. The fourth-order valence-corrected chi connectivity index (χ4v) is 2.41. The van der Waals surface area contributed by atoms with E-state index in [4.69, 9.17) is 17.3 Å². The van der Waals surface area contributed by atoms with E-state index in [-0.39, 0.29) is 0 Å². The van der Waals surface area contributed by atoms with E-state index >= 15 is 0 Å². The van der Waals surface area contributed by atoms with Gasteiger partial charge in [-0.2, -0.15) is 0 Å². The maximum Gasteiger partial charge on any atom is 0.157 e. The molecule has 4 nitrogen and oxygen atoms in total. The van der Waals surface area contributed by atoms with Crippen LogP contribution in [0.1, 0.15) is 27.2 Å². The third-order valence-electron chi connectivity index (χ3n) is 3.53. The minimum atomic E-state index is 0.320. The van der Waals surface area contributed by atoms with Gasteiger partial charge in [-0.15, -0.1) is 0 Å². The van der Waals surface area contributed by atoms with Gasteiger partial charge in [0.25, 0.3) is 0 Å². The number of rotatable bonds is 1. The van der Waals surface area contributed by atoms with Crippen molar-refractivity contribution in [1.29, 1.82) is 0 Å². The molecule has 0 aliphatic carbocycles. The Morgan fingerprint density at radius 3 is 2.71 bits per heavy atom. The second kappa shape index (κ2) is 4.33. The van der Waals surface area contributed by atoms with Gasteiger partial charge >= 0.3 is 0 Å². The predicted octanol–water partition coefficient (Wildman–Crippen LogP) is 2.58. The number of aromatic nitrogens is 2. The minimum Gasteiger partial charge on any atom is -0.393 e. The van der Waals surface area contributed by atoms with E-state index in [1.165, 1.54) is 12.7 Å². The molecule has 2 N–H and O–H groups in total. The SMILES string of the molecule is CC(C)(C)C1CCN(c2ncnc(Cl)c2N)C1. The average Bonchev–Trinajstić information content (AvgIpc) is 2.70. The number of halogens is 1. The fourth-order valence-electron chi connectivity index (χ4n) is 2.28. The van der Waals surface area contributed by atoms with Crippen LogP contribution in [0, 0.1) is 11.3 Å². The van der Waals surface area contributed by atoms with Crippen LogP contribution in [0.5, 0.6) is 0 Å². The van der Waals surface area contributed by atoms with Gasteiger partial charge in [-0.05, 0) is 17.8 Å². The summed E-state index contributed by atoms with van der Waals surface area (Å²) in [5.74, 6) is 1.44. The summed E-state index contributed by atoms with van der Waals surface area (Å²) in [6.07, 6.45) is 2.64. The van der Waals surface area contributed by atoms with Crippen molar-refractivity contribution >= 4 is 23.1 Å². The van der Waals surface area contributed by atoms with Crippen molar-refractivity contribution in [2.24, 2.45) is 11.3 Å². The van der Waals surface area contributed by atoms with Gasteiger partial charge in [0.15, 0.2) is 11.0 Å². The molecule has 2 rings (SSSR count). The van der Waals surface area contributed by atoms with Crippen molar-refractivity contribution in [2.45, 2.75) is 27.2 Å². The van der Waals surface area contributed by atoms with E-state index in [2.05, 4.69) is 35.6 Å². The highest BCUT2D eigenvalue weighted by Gasteiger charge is 2.33. The molecule has 1 aromatic heterocycles. The van der Waals surface area contributed by atoms with E-state index in [0.717, 1.165) is 18.9 Å². The molecule has 2 heterocycles. The normalized spacial score (nSPS) is 20.9. The second-order valence-corrected chi connectivity index (χ2v) is 6.06. The van der Waals surface area contributed by atoms with Crippen LogP contribution in [0.25, 0.3) is 0 Å². The molecule has 1 aromatic rings. The zero-order valence-electron chi connectivity index (χ0n) is 10.6. The summed E-state index contributed by atoms with van der Waals surface area (Å²) in [5.41, 5.74) is 6.73. The molecule has 1 saturated heterocycles. The standard InChI is InChI=1S/C12H19ClN4/c1-12(2,3)8-4-5-17(6-8)11-9(14)10(13)15-7-16-11/h7-8H,4-6,14H2,1-3H3. The first-order valence-corrected chi connectivity index (χ1v) is 6.28. The third kappa shape index (κ3) is 2.46. The molecule has 0 radical (unpaired) electrons. The maximum absolute atomic E-state index is 5.92. The lowest BCUT2D eigenvalue weighted by molar-refractivity contribution is 0.263. The Labute approximate surface area is 107 Å². The molecule has 1 aliphatic heterocycles. The van der Waals surface area contributed by atoms with Crippen LogP contribution in [0.3, 0.4) is 0 Å². The van der Waals surface area contributed by atoms with Crippen LogP contribution in [0.2, 0.25) is 5.15 Å². The van der Waals surface area contributed by atoms with Crippen molar-refractivity contribution in [1.82, 2.24) is 9.97 Å². The predicted molar refractivity (Wildman–Crippen MR) is 71.2 cm³/mol. The molecule has 0 amide bonds. The van der Waals surface area contributed by atoms with Crippen LogP contribution in [0.15, 0.2) is 6.33 Å². The van der Waals surface area contributed by atoms with Crippen molar-refractivity contribution < 1.29 is 0 Å². The minimum absolute atomic E-state index is 0.320. The monoisotopic (exact) mass is 254 g/mol. The molecule has 17 heavy (non-hydrogen) atoms. The van der Waals surface area contributed by atoms with Gasteiger partial charge in [-0.3, -0.25) is 0 Å². The fraction of sp³-hybridized carbons (Fsp3) is 0.667. The molecule has 0 bridgehead atoms. The molecule has 1 fully saturated rings. The van der Waals surface area contributed by atoms with Crippen LogP contribution >= 0.6 is 11.6 Å². The topological polar surface area (TPSA) is 55.0 Å². The van der Waals surface area contributed by atoms with E-state index in [9.17, 15) is 0 Å². The number of nitrogens with two attached hydrogens (primary N) is 1. The van der Waals surface area contributed by atoms with Gasteiger partial charge in [0, 0.05) is 13.1 Å². The summed E-state index contributed by atoms with van der Waals surface area (Å²) < 4.78 is 0. The van der Waals surface area contributed by atoms with Gasteiger partial charge in [0.2, 0.25) is 0 Å². The van der Waals surface area contributed by atoms with Crippen molar-refractivity contribution in [3.63, 3.8) is 0 Å². The van der Waals surface area contributed by atoms with Crippen molar-refractivity contribution in [3.05, 3.63) is 11.5 Å². The van der Waals surface area contributed by atoms with Gasteiger partial charge in [0.1, 0.15) is 12.0 Å². The van der Waals surface area contributed by atoms with Crippen LogP contribution in [-0.4, -0.2) is 23.1 Å². The van der Waals surface area contributed by atoms with Crippen molar-refractivity contribution in [3.8, 4) is 0 Å². The smallest absolute Gasteiger partial charge is 0.157 e. The first-order valence-electron chi connectivity index (χ1n) is 5.90. The Kier molecular flexibility index (Phi) is 3.17. The van der Waals surface area contributed by atoms with Crippen molar-refractivity contribution in [2.75, 3.05) is 23.7 Å². The van der Waals surface area contributed by atoms with E-state index in [1.807, 2.05) is 0 Å². The highest BCUT2D eigenvalue weighted by atomic mass is 35.5. The van der Waals surface area contributed by atoms with E-state index < -0.39 is 0 Å². The van der Waals surface area contributed by atoms with Gasteiger partial charge in [-0.25, -0.2) is 9.97 Å². The number of nitrogen functional groups attached to an aromatic ring is 1. The maximum atomic E-state index is 5.92. The first-order chi connectivity index (χ1) is 7.89. The summed E-state index contributed by atoms with van der Waals surface area (Å²) in [6.45, 7) is 8.80. The van der Waals surface area contributed by atoms with Gasteiger partial charge < -0.3 is 10.6 Å². The molecule has 94 valence electrons. The number of hydrogen-bond acceptors (Lipinski definition) is 4. The molecular formula is C12H19ClN4. The zero-order valence-corrected chi connectivity index (χ0v) is 11.3. The average molecular weight is 255 g/mol. The highest BCUT2D eigenvalue weighted by molar-refractivity contribution is 6.32. The Bertz CT molecular complexity index is 413. The molecule has 0 aromatic carbocycles. The Balaban J connectivity index is 2.18. The number of nitrogens with zero attached hydrogens (tertiary/aromatic N) is 3. The summed E-state index contributed by atoms with van der Waals surface area (Å²) in [7, 11) is 0. The largest absolute Gasteiger partial charge is 0.393 e. The quantitative estimate of drug-likeness (QED) is 0.783. The van der Waals surface area contributed by atoms with Crippen LogP contribution in [-0.2, 0) is 0 Å². The third-order valence-corrected chi connectivity index (χ3v) is 3.83. The molecule has 5 heteroatoms. The van der Waals surface area contributed by atoms with E-state index in [1.54, 1.807) is 0 Å². The Hall–Kier alpha value is -1.03. The lowest BCUT2D eigenvalue weighted by atomic mass is 9.80. The molecule has 1 aliphatic rings. The van der Waals surface area contributed by atoms with Gasteiger partial charge in [0.05, 0.1) is 0 Å². The molecule has 1 atom stereocenters. The Morgan fingerprint density at radius 1 is 1.41 bits per heavy atom. The summed E-state index contributed by atoms with van der Waals surface area (Å²) in [4.78, 5) is 10.3. The molecule has 1 unspecified atom stereocenters. The zero-order chi connectivity index (χ0) is 12.6. The molecular weight excluding hydrogens is 236 g/mol. The first kappa shape index (κ1) is 12.4. The second-order valence-electron chi connectivity index (χ2n) is 5.70. The van der Waals surface area contributed by atoms with E-state index in [0.29, 0.717) is 22.2 Å². The van der Waals surface area contributed by atoms with Gasteiger partial charge in [-0.1, -0.05) is 32.4 Å². The summed E-state index contributed by atoms with van der Waals surface area (Å²) in [6, 6.07) is 0. The Morgan fingerprint density at radius 2 is 2.12 bits per heavy atom. The summed E-state index contributed by atoms with van der Waals surface area (Å²) >= 11 is 5.92. The lowest BCUT2D eigenvalue weighted by Gasteiger charge is -2.27. The van der Waals surface area contributed by atoms with Crippen LogP contribution < -0.4 is 10.6 Å². The number of hydrogen-bond donors (Lipinski definition) is 1. The molecule has 0 saturated carbocycles. The lowest BCUT2D eigenvalue weighted by Crippen LogP contribution is -2.27.